The molecule has 2 nitrogen and oxygen atoms in total. The number of ketones is 1. The molecule has 0 saturated heterocycles. The Kier molecular flexibility index (Phi) is 5.20. The van der Waals surface area contributed by atoms with Gasteiger partial charge in [0.15, 0.2) is 5.78 Å². The van der Waals surface area contributed by atoms with Crippen molar-refractivity contribution >= 4 is 5.78 Å². The van der Waals surface area contributed by atoms with Crippen molar-refractivity contribution in [3.63, 3.8) is 0 Å². The molecular weight excluding hydrogens is 200 g/mol. The minimum absolute atomic E-state index is 0.179. The predicted molar refractivity (Wildman–Crippen MR) is 65.6 cm³/mol. The molecule has 0 aliphatic carbocycles. The van der Waals surface area contributed by atoms with Crippen LogP contribution in [0.25, 0.3) is 0 Å². The van der Waals surface area contributed by atoms with Crippen LogP contribution in [-0.2, 0) is 16.0 Å². The molecule has 0 saturated carbocycles. The summed E-state index contributed by atoms with van der Waals surface area (Å²) in [6.07, 6.45) is 0.980. The maximum Gasteiger partial charge on any atom is 0.165 e. The number of hydrogen-bond donors (Lipinski definition) is 0. The molecule has 0 aliphatic heterocycles. The number of rotatable bonds is 6. The van der Waals surface area contributed by atoms with Crippen molar-refractivity contribution in [2.75, 3.05) is 6.61 Å². The third-order valence-corrected chi connectivity index (χ3v) is 2.72. The smallest absolute Gasteiger partial charge is 0.165 e. The summed E-state index contributed by atoms with van der Waals surface area (Å²) in [5, 5.41) is 0. The van der Waals surface area contributed by atoms with Gasteiger partial charge in [0.2, 0.25) is 0 Å². The molecule has 0 aromatic heterocycles. The van der Waals surface area contributed by atoms with Gasteiger partial charge in [-0.25, -0.2) is 0 Å². The second-order valence-electron chi connectivity index (χ2n) is 3.92. The van der Waals surface area contributed by atoms with Gasteiger partial charge in [0.1, 0.15) is 6.10 Å². The summed E-state index contributed by atoms with van der Waals surface area (Å²) < 4.78 is 5.42. The van der Waals surface area contributed by atoms with Crippen LogP contribution in [0.1, 0.15) is 31.4 Å². The van der Waals surface area contributed by atoms with Gasteiger partial charge in [0.25, 0.3) is 0 Å². The van der Waals surface area contributed by atoms with E-state index < -0.39 is 0 Å². The second kappa shape index (κ2) is 6.44. The van der Waals surface area contributed by atoms with Gasteiger partial charge in [-0.1, -0.05) is 31.2 Å². The first-order valence-electron chi connectivity index (χ1n) is 5.87. The Morgan fingerprint density at radius 2 is 2.00 bits per heavy atom. The molecule has 1 aromatic rings. The molecule has 1 aromatic carbocycles. The minimum Gasteiger partial charge on any atom is -0.371 e. The molecule has 0 N–H and O–H groups in total. The third kappa shape index (κ3) is 3.46. The number of ether oxygens (including phenoxy) is 1. The fourth-order valence-electron chi connectivity index (χ4n) is 1.75. The molecule has 0 bridgehead atoms. The van der Waals surface area contributed by atoms with Gasteiger partial charge in [-0.3, -0.25) is 4.79 Å². The highest BCUT2D eigenvalue weighted by Crippen LogP contribution is 2.11. The number of carbonyl (C=O) groups excluding carboxylic acids is 1. The van der Waals surface area contributed by atoms with Crippen molar-refractivity contribution in [3.05, 3.63) is 35.4 Å². The largest absolute Gasteiger partial charge is 0.371 e. The van der Waals surface area contributed by atoms with Crippen LogP contribution in [-0.4, -0.2) is 18.5 Å². The van der Waals surface area contributed by atoms with E-state index in [0.29, 0.717) is 13.0 Å². The van der Waals surface area contributed by atoms with Gasteiger partial charge in [-0.15, -0.1) is 0 Å². The summed E-state index contributed by atoms with van der Waals surface area (Å²) in [4.78, 5) is 12.0. The maximum absolute atomic E-state index is 12.0. The molecule has 1 rings (SSSR count). The summed E-state index contributed by atoms with van der Waals surface area (Å²) >= 11 is 0. The fourth-order valence-corrected chi connectivity index (χ4v) is 1.75. The fraction of sp³-hybridized carbons (Fsp3) is 0.500. The normalized spacial score (nSPS) is 12.4. The lowest BCUT2D eigenvalue weighted by atomic mass is 10.00. The molecule has 1 atom stereocenters. The monoisotopic (exact) mass is 220 g/mol. The van der Waals surface area contributed by atoms with Crippen LogP contribution < -0.4 is 0 Å². The zero-order chi connectivity index (χ0) is 12.0. The van der Waals surface area contributed by atoms with Gasteiger partial charge < -0.3 is 4.74 Å². The van der Waals surface area contributed by atoms with Crippen LogP contribution in [0.3, 0.4) is 0 Å². The molecular formula is C14H20O2. The summed E-state index contributed by atoms with van der Waals surface area (Å²) in [5.41, 5.74) is 2.27. The second-order valence-corrected chi connectivity index (χ2v) is 3.92. The summed E-state index contributed by atoms with van der Waals surface area (Å²) in [6, 6.07) is 8.00. The molecule has 1 unspecified atom stereocenters. The van der Waals surface area contributed by atoms with Gasteiger partial charge in [-0.05, 0) is 31.4 Å². The van der Waals surface area contributed by atoms with E-state index in [1.807, 2.05) is 45.0 Å². The van der Waals surface area contributed by atoms with Crippen molar-refractivity contribution < 1.29 is 9.53 Å². The van der Waals surface area contributed by atoms with Gasteiger partial charge in [0, 0.05) is 13.0 Å². The molecule has 0 fully saturated rings. The van der Waals surface area contributed by atoms with Crippen LogP contribution in [0.5, 0.6) is 0 Å². The van der Waals surface area contributed by atoms with Crippen LogP contribution in [0.4, 0.5) is 0 Å². The molecule has 0 amide bonds. The van der Waals surface area contributed by atoms with Crippen molar-refractivity contribution in [2.45, 2.75) is 39.7 Å². The van der Waals surface area contributed by atoms with Gasteiger partial charge in [0.05, 0.1) is 0 Å². The average molecular weight is 220 g/mol. The first kappa shape index (κ1) is 12.9. The summed E-state index contributed by atoms with van der Waals surface area (Å²) in [7, 11) is 0. The van der Waals surface area contributed by atoms with Gasteiger partial charge in [-0.2, -0.15) is 0 Å². The standard InChI is InChI=1S/C14H20O2/c1-4-14(16-5-2)13(15)10-12-9-7-6-8-11(12)3/h6-9,14H,4-5,10H2,1-3H3. The third-order valence-electron chi connectivity index (χ3n) is 2.72. The molecule has 88 valence electrons. The number of Topliss-reactive ketones (excluding diaryl/α,β-unsaturated/α-hetero) is 1. The van der Waals surface area contributed by atoms with Crippen LogP contribution in [0, 0.1) is 6.92 Å². The topological polar surface area (TPSA) is 26.3 Å². The Bertz CT molecular complexity index is 344. The van der Waals surface area contributed by atoms with E-state index >= 15 is 0 Å². The first-order chi connectivity index (χ1) is 7.69. The lowest BCUT2D eigenvalue weighted by molar-refractivity contribution is -0.129. The van der Waals surface area contributed by atoms with Gasteiger partial charge >= 0.3 is 0 Å². The first-order valence-corrected chi connectivity index (χ1v) is 5.87. The van der Waals surface area contributed by atoms with E-state index in [1.165, 1.54) is 5.56 Å². The highest BCUT2D eigenvalue weighted by atomic mass is 16.5. The zero-order valence-electron chi connectivity index (χ0n) is 10.3. The number of carbonyl (C=O) groups is 1. The van der Waals surface area contributed by atoms with E-state index in [0.717, 1.165) is 12.0 Å². The lowest BCUT2D eigenvalue weighted by Gasteiger charge is -2.14. The van der Waals surface area contributed by atoms with Crippen LogP contribution in [0.15, 0.2) is 24.3 Å². The van der Waals surface area contributed by atoms with Crippen LogP contribution >= 0.6 is 0 Å². The zero-order valence-corrected chi connectivity index (χ0v) is 10.3. The van der Waals surface area contributed by atoms with E-state index in [2.05, 4.69) is 0 Å². The molecule has 16 heavy (non-hydrogen) atoms. The SMILES string of the molecule is CCOC(CC)C(=O)Cc1ccccc1C. The Labute approximate surface area is 97.6 Å². The quantitative estimate of drug-likeness (QED) is 0.736. The number of benzene rings is 1. The summed E-state index contributed by atoms with van der Waals surface area (Å²) in [6.45, 7) is 6.53. The molecule has 0 radical (unpaired) electrons. The Hall–Kier alpha value is -1.15. The summed E-state index contributed by atoms with van der Waals surface area (Å²) in [5.74, 6) is 0.179. The lowest BCUT2D eigenvalue weighted by Crippen LogP contribution is -2.25. The van der Waals surface area contributed by atoms with Crippen molar-refractivity contribution in [3.8, 4) is 0 Å². The predicted octanol–water partition coefficient (Wildman–Crippen LogP) is 2.92. The molecule has 0 aliphatic rings. The van der Waals surface area contributed by atoms with Crippen molar-refractivity contribution in [1.82, 2.24) is 0 Å². The average Bonchev–Trinajstić information content (AvgIpc) is 2.29. The maximum atomic E-state index is 12.0. The Morgan fingerprint density at radius 1 is 1.31 bits per heavy atom. The van der Waals surface area contributed by atoms with Crippen LogP contribution in [0.2, 0.25) is 0 Å². The Balaban J connectivity index is 2.66. The van der Waals surface area contributed by atoms with Crippen molar-refractivity contribution in [2.24, 2.45) is 0 Å². The van der Waals surface area contributed by atoms with E-state index in [1.54, 1.807) is 0 Å². The number of hydrogen-bond acceptors (Lipinski definition) is 2. The van der Waals surface area contributed by atoms with E-state index in [-0.39, 0.29) is 11.9 Å². The van der Waals surface area contributed by atoms with E-state index in [9.17, 15) is 4.79 Å². The number of aryl methyl sites for hydroxylation is 1. The van der Waals surface area contributed by atoms with Crippen molar-refractivity contribution in [1.29, 1.82) is 0 Å². The molecule has 2 heteroatoms. The highest BCUT2D eigenvalue weighted by Gasteiger charge is 2.17. The minimum atomic E-state index is -0.246. The molecule has 0 heterocycles. The highest BCUT2D eigenvalue weighted by molar-refractivity contribution is 5.85. The van der Waals surface area contributed by atoms with E-state index in [4.69, 9.17) is 4.74 Å². The Morgan fingerprint density at radius 3 is 2.56 bits per heavy atom. The molecule has 0 spiro atoms.